The molecule has 0 aromatic heterocycles. The van der Waals surface area contributed by atoms with E-state index in [1.54, 1.807) is 11.2 Å². The Morgan fingerprint density at radius 2 is 1.55 bits per heavy atom. The molecule has 1 aliphatic rings. The first-order chi connectivity index (χ1) is 18.2. The van der Waals surface area contributed by atoms with Crippen molar-refractivity contribution in [3.63, 3.8) is 0 Å². The Bertz CT molecular complexity index is 1340. The number of hydrazine groups is 1. The fourth-order valence-electron chi connectivity index (χ4n) is 4.82. The number of unbranched alkanes of at least 4 members (excludes halogenated alkanes) is 2. The highest BCUT2D eigenvalue weighted by molar-refractivity contribution is 6.14. The number of phenolic OH excluding ortho intramolecular Hbond substituents is 1. The molecule has 3 aromatic rings. The molecular formula is C33H41N3O2. The lowest BCUT2D eigenvalue weighted by Crippen LogP contribution is -2.37. The second-order valence-electron chi connectivity index (χ2n) is 10.8. The van der Waals surface area contributed by atoms with Crippen molar-refractivity contribution >= 4 is 17.1 Å². The smallest absolute Gasteiger partial charge is 0.128 e. The normalized spacial score (nSPS) is 13.3. The second-order valence-corrected chi connectivity index (χ2v) is 10.8. The maximum absolute atomic E-state index is 11.0. The van der Waals surface area contributed by atoms with Crippen LogP contribution in [0.25, 0.3) is 5.70 Å². The first-order valence-electron chi connectivity index (χ1n) is 13.7. The van der Waals surface area contributed by atoms with Gasteiger partial charge in [0.25, 0.3) is 0 Å². The van der Waals surface area contributed by atoms with Crippen LogP contribution in [0.4, 0.5) is 5.69 Å². The summed E-state index contributed by atoms with van der Waals surface area (Å²) in [5.41, 5.74) is 12.4. The summed E-state index contributed by atoms with van der Waals surface area (Å²) >= 11 is 0. The third-order valence-electron chi connectivity index (χ3n) is 6.91. The molecule has 0 bridgehead atoms. The van der Waals surface area contributed by atoms with Gasteiger partial charge >= 0.3 is 0 Å². The van der Waals surface area contributed by atoms with Crippen molar-refractivity contribution in [1.82, 2.24) is 5.43 Å². The molecule has 1 aliphatic heterocycles. The summed E-state index contributed by atoms with van der Waals surface area (Å²) in [6.45, 7) is 13.5. The molecule has 0 radical (unpaired) electrons. The summed E-state index contributed by atoms with van der Waals surface area (Å²) in [4.78, 5) is 0. The molecule has 38 heavy (non-hydrogen) atoms. The molecule has 0 spiro atoms. The molecule has 1 heterocycles. The molecule has 200 valence electrons. The molecule has 0 saturated heterocycles. The lowest BCUT2D eigenvalue weighted by molar-refractivity contribution is 0.301. The highest BCUT2D eigenvalue weighted by atomic mass is 16.5. The molecule has 2 N–H and O–H groups in total. The summed E-state index contributed by atoms with van der Waals surface area (Å²) in [6, 6.07) is 18.2. The predicted octanol–water partition coefficient (Wildman–Crippen LogP) is 7.99. The zero-order valence-electron chi connectivity index (χ0n) is 23.6. The van der Waals surface area contributed by atoms with E-state index >= 15 is 0 Å². The molecule has 0 unspecified atom stereocenters. The molecule has 0 atom stereocenters. The van der Waals surface area contributed by atoms with Gasteiger partial charge in [0.05, 0.1) is 23.7 Å². The van der Waals surface area contributed by atoms with Gasteiger partial charge in [-0.2, -0.15) is 10.2 Å². The van der Waals surface area contributed by atoms with Crippen LogP contribution in [0.1, 0.15) is 72.9 Å². The fraction of sp³-hybridized carbons (Fsp3) is 0.364. The summed E-state index contributed by atoms with van der Waals surface area (Å²) in [6.07, 6.45) is 6.66. The molecule has 0 saturated carbocycles. The molecule has 0 fully saturated rings. The zero-order chi connectivity index (χ0) is 27.2. The predicted molar refractivity (Wildman–Crippen MR) is 159 cm³/mol. The van der Waals surface area contributed by atoms with E-state index in [4.69, 9.17) is 9.84 Å². The van der Waals surface area contributed by atoms with Gasteiger partial charge in [-0.3, -0.25) is 5.43 Å². The summed E-state index contributed by atoms with van der Waals surface area (Å²) in [5.74, 6) is 1.60. The van der Waals surface area contributed by atoms with Gasteiger partial charge in [0.1, 0.15) is 11.5 Å². The van der Waals surface area contributed by atoms with Crippen molar-refractivity contribution < 1.29 is 9.84 Å². The topological polar surface area (TPSA) is 57.1 Å². The average molecular weight is 512 g/mol. The first kappa shape index (κ1) is 27.3. The van der Waals surface area contributed by atoms with E-state index in [0.717, 1.165) is 52.5 Å². The molecule has 4 rings (SSSR count). The van der Waals surface area contributed by atoms with Crippen LogP contribution >= 0.6 is 0 Å². The Balaban J connectivity index is 1.59. The van der Waals surface area contributed by atoms with Crippen LogP contribution in [-0.4, -0.2) is 17.4 Å². The number of rotatable bonds is 10. The number of benzene rings is 3. The first-order valence-corrected chi connectivity index (χ1v) is 13.7. The minimum absolute atomic E-state index is 0.170. The molecule has 0 aliphatic carbocycles. The number of aromatic hydroxyl groups is 1. The van der Waals surface area contributed by atoms with E-state index in [9.17, 15) is 5.11 Å². The van der Waals surface area contributed by atoms with Crippen molar-refractivity contribution in [3.05, 3.63) is 94.1 Å². The van der Waals surface area contributed by atoms with Gasteiger partial charge < -0.3 is 9.84 Å². The van der Waals surface area contributed by atoms with E-state index in [1.807, 2.05) is 18.2 Å². The maximum Gasteiger partial charge on any atom is 0.128 e. The number of hydrogen-bond donors (Lipinski definition) is 2. The Morgan fingerprint density at radius 3 is 2.24 bits per heavy atom. The Labute approximate surface area is 227 Å². The molecule has 3 aromatic carbocycles. The minimum Gasteiger partial charge on any atom is -0.507 e. The van der Waals surface area contributed by atoms with E-state index in [1.165, 1.54) is 24.0 Å². The van der Waals surface area contributed by atoms with Crippen molar-refractivity contribution in [3.8, 4) is 11.5 Å². The van der Waals surface area contributed by atoms with Crippen molar-refractivity contribution in [2.45, 2.75) is 67.2 Å². The number of nitrogens with zero attached hydrogens (tertiary/aromatic N) is 2. The van der Waals surface area contributed by atoms with Gasteiger partial charge in [0.15, 0.2) is 0 Å². The summed E-state index contributed by atoms with van der Waals surface area (Å²) in [7, 11) is 0. The Kier molecular flexibility index (Phi) is 8.77. The second kappa shape index (κ2) is 12.2. The van der Waals surface area contributed by atoms with Crippen molar-refractivity contribution in [2.75, 3.05) is 11.7 Å². The van der Waals surface area contributed by atoms with Crippen molar-refractivity contribution in [2.24, 2.45) is 11.0 Å². The zero-order valence-corrected chi connectivity index (χ0v) is 23.6. The number of allylic oxidation sites excluding steroid dienone is 1. The van der Waals surface area contributed by atoms with Gasteiger partial charge in [0, 0.05) is 17.2 Å². The van der Waals surface area contributed by atoms with Gasteiger partial charge in [-0.05, 0) is 75.4 Å². The van der Waals surface area contributed by atoms with Crippen LogP contribution in [0, 0.1) is 33.6 Å². The lowest BCUT2D eigenvalue weighted by Gasteiger charge is -2.29. The van der Waals surface area contributed by atoms with Crippen molar-refractivity contribution in [1.29, 1.82) is 0 Å². The van der Waals surface area contributed by atoms with Crippen LogP contribution in [-0.2, 0) is 0 Å². The highest BCUT2D eigenvalue weighted by Crippen LogP contribution is 2.32. The quantitative estimate of drug-likeness (QED) is 0.271. The fourth-order valence-corrected chi connectivity index (χ4v) is 4.82. The van der Waals surface area contributed by atoms with Crippen LogP contribution < -0.4 is 15.3 Å². The number of ether oxygens (including phenoxy) is 1. The summed E-state index contributed by atoms with van der Waals surface area (Å²) in [5, 5.41) is 17.8. The maximum atomic E-state index is 11.0. The highest BCUT2D eigenvalue weighted by Gasteiger charge is 2.21. The Hall–Kier alpha value is -3.73. The van der Waals surface area contributed by atoms with E-state index in [2.05, 4.69) is 83.4 Å². The monoisotopic (exact) mass is 511 g/mol. The average Bonchev–Trinajstić information content (AvgIpc) is 2.85. The number of anilines is 1. The van der Waals surface area contributed by atoms with Crippen LogP contribution in [0.2, 0.25) is 0 Å². The van der Waals surface area contributed by atoms with Gasteiger partial charge in [-0.15, -0.1) is 0 Å². The SMILES string of the molecule is Cc1ccc(C2=NN(c3ccc(C)cc3C)NC(c3ccc(OCCCCCC(C)C)cc3O)=C2)c(C)c1. The number of aryl methyl sites for hydroxylation is 4. The van der Waals surface area contributed by atoms with E-state index < -0.39 is 0 Å². The number of phenols is 1. The van der Waals surface area contributed by atoms with Gasteiger partial charge in [0.2, 0.25) is 0 Å². The number of hydrogen-bond acceptors (Lipinski definition) is 5. The third kappa shape index (κ3) is 6.77. The largest absolute Gasteiger partial charge is 0.507 e. The van der Waals surface area contributed by atoms with E-state index in [-0.39, 0.29) is 5.75 Å². The third-order valence-corrected chi connectivity index (χ3v) is 6.91. The number of nitrogens with one attached hydrogen (secondary N) is 1. The molecule has 0 amide bonds. The van der Waals surface area contributed by atoms with Crippen LogP contribution in [0.3, 0.4) is 0 Å². The standard InChI is InChI=1S/C33H41N3O2/c1-22(2)10-8-7-9-17-38-27-13-15-29(33(37)20-27)31-21-30(28-14-11-23(3)18-25(28)5)34-36(35-31)32-16-12-24(4)19-26(32)6/h11-16,18-22,35,37H,7-10,17H2,1-6H3. The Morgan fingerprint density at radius 1 is 0.842 bits per heavy atom. The van der Waals surface area contributed by atoms with Crippen LogP contribution in [0.5, 0.6) is 11.5 Å². The van der Waals surface area contributed by atoms with Crippen LogP contribution in [0.15, 0.2) is 65.8 Å². The number of hydrazone groups is 1. The molecule has 5 nitrogen and oxygen atoms in total. The van der Waals surface area contributed by atoms with E-state index in [0.29, 0.717) is 17.9 Å². The summed E-state index contributed by atoms with van der Waals surface area (Å²) < 4.78 is 5.94. The lowest BCUT2D eigenvalue weighted by atomic mass is 9.99. The van der Waals surface area contributed by atoms with Gasteiger partial charge in [-0.25, -0.2) is 0 Å². The minimum atomic E-state index is 0.170. The molecule has 5 heteroatoms. The molecular weight excluding hydrogens is 470 g/mol. The van der Waals surface area contributed by atoms with Gasteiger partial charge in [-0.1, -0.05) is 74.6 Å².